The molecule has 0 radical (unpaired) electrons. The fourth-order valence-corrected chi connectivity index (χ4v) is 12.8. The van der Waals surface area contributed by atoms with Gasteiger partial charge in [0.05, 0.1) is 26.4 Å². The monoisotopic (exact) mass is 1430 g/mol. The molecule has 0 aliphatic rings. The second-order valence-electron chi connectivity index (χ2n) is 27.0. The summed E-state index contributed by atoms with van der Waals surface area (Å²) in [6.07, 6.45) is 69.5. The van der Waals surface area contributed by atoms with E-state index in [1.54, 1.807) is 0 Å². The van der Waals surface area contributed by atoms with Gasteiger partial charge in [0.2, 0.25) is 0 Å². The molecule has 0 saturated carbocycles. The van der Waals surface area contributed by atoms with E-state index in [2.05, 4.69) is 76.3 Å². The van der Waals surface area contributed by atoms with Crippen LogP contribution in [0.2, 0.25) is 0 Å². The standard InChI is InChI=1S/C79H146O17P2/c1-5-9-13-17-21-25-29-32-35-36-39-41-45-48-52-56-60-64-77(82)90-70-75(96-79(84)66-62-58-54-50-46-42-38-34-31-27-23-19-15-11-7-3)72-94-98(87,88)92-68-73(80)67-91-97(85,86)93-71-74(95-78(83)65-61-57-53-49-43-28-24-20-16-12-8-4)69-89-76(81)63-59-55-51-47-44-40-37-33-30-26-22-18-14-10-6-2/h9,13,21,25,32,34-35,38,73-75,80H,5-8,10-12,14-20,22-24,26-31,33,36-37,39-72H2,1-4H3,(H,85,86)(H,87,88)/b13-9-,25-21-,35-32-,38-34-. The summed E-state index contributed by atoms with van der Waals surface area (Å²) in [6.45, 7) is 4.82. The maximum absolute atomic E-state index is 13.1. The van der Waals surface area contributed by atoms with Crippen LogP contribution < -0.4 is 0 Å². The zero-order valence-electron chi connectivity index (χ0n) is 62.7. The van der Waals surface area contributed by atoms with Crippen molar-refractivity contribution in [3.05, 3.63) is 48.6 Å². The van der Waals surface area contributed by atoms with Crippen molar-refractivity contribution in [2.75, 3.05) is 39.6 Å². The SMILES string of the molecule is CC/C=C\C/C=C\C/C=C\CCCCCCCCCC(=O)OCC(COP(=O)(O)OCC(O)COP(=O)(O)OCC(COC(=O)CCCCCCCCCCCCCCCCC)OC(=O)CCCCCCCCCCCCC)OC(=O)CCCCCCC/C=C\CCCCCCCC. The summed E-state index contributed by atoms with van der Waals surface area (Å²) in [4.78, 5) is 72.9. The summed E-state index contributed by atoms with van der Waals surface area (Å²) in [5, 5.41) is 10.6. The lowest BCUT2D eigenvalue weighted by molar-refractivity contribution is -0.161. The Hall–Kier alpha value is -2.98. The number of aliphatic hydroxyl groups excluding tert-OH is 1. The van der Waals surface area contributed by atoms with Crippen molar-refractivity contribution in [2.24, 2.45) is 0 Å². The molecular weight excluding hydrogens is 1280 g/mol. The predicted molar refractivity (Wildman–Crippen MR) is 400 cm³/mol. The summed E-state index contributed by atoms with van der Waals surface area (Å²) in [5.74, 6) is -2.15. The molecule has 0 saturated heterocycles. The molecule has 19 heteroatoms. The summed E-state index contributed by atoms with van der Waals surface area (Å²) >= 11 is 0. The van der Waals surface area contributed by atoms with Gasteiger partial charge < -0.3 is 33.8 Å². The number of carbonyl (C=O) groups excluding carboxylic acids is 4. The largest absolute Gasteiger partial charge is 0.472 e. The average Bonchev–Trinajstić information content (AvgIpc) is 0.986. The van der Waals surface area contributed by atoms with Crippen LogP contribution in [0.5, 0.6) is 0 Å². The molecule has 574 valence electrons. The van der Waals surface area contributed by atoms with Crippen LogP contribution in [0.25, 0.3) is 0 Å². The first kappa shape index (κ1) is 95.0. The van der Waals surface area contributed by atoms with Crippen molar-refractivity contribution >= 4 is 39.5 Å². The van der Waals surface area contributed by atoms with Crippen LogP contribution in [0.4, 0.5) is 0 Å². The molecule has 0 heterocycles. The number of phosphoric acid groups is 2. The lowest BCUT2D eigenvalue weighted by atomic mass is 10.0. The molecule has 3 N–H and O–H groups in total. The van der Waals surface area contributed by atoms with E-state index in [9.17, 15) is 43.2 Å². The summed E-state index contributed by atoms with van der Waals surface area (Å²) in [6, 6.07) is 0. The molecule has 5 atom stereocenters. The van der Waals surface area contributed by atoms with E-state index >= 15 is 0 Å². The number of hydrogen-bond acceptors (Lipinski definition) is 15. The van der Waals surface area contributed by atoms with Gasteiger partial charge in [0, 0.05) is 25.7 Å². The molecule has 0 rings (SSSR count). The third kappa shape index (κ3) is 71.4. The number of rotatable bonds is 76. The third-order valence-electron chi connectivity index (χ3n) is 17.3. The lowest BCUT2D eigenvalue weighted by Gasteiger charge is -2.21. The minimum absolute atomic E-state index is 0.0879. The fourth-order valence-electron chi connectivity index (χ4n) is 11.2. The molecule has 0 spiro atoms. The Kier molecular flexibility index (Phi) is 70.2. The first-order valence-electron chi connectivity index (χ1n) is 39.9. The summed E-state index contributed by atoms with van der Waals surface area (Å²) < 4.78 is 68.6. The predicted octanol–water partition coefficient (Wildman–Crippen LogP) is 22.9. The average molecular weight is 1430 g/mol. The highest BCUT2D eigenvalue weighted by Crippen LogP contribution is 2.45. The molecule has 0 aromatic heterocycles. The zero-order valence-corrected chi connectivity index (χ0v) is 64.5. The number of ether oxygens (including phenoxy) is 4. The second-order valence-corrected chi connectivity index (χ2v) is 29.9. The molecule has 17 nitrogen and oxygen atoms in total. The van der Waals surface area contributed by atoms with E-state index in [0.717, 1.165) is 148 Å². The molecule has 5 unspecified atom stereocenters. The molecular formula is C79H146O17P2. The molecule has 0 aliphatic carbocycles. The third-order valence-corrected chi connectivity index (χ3v) is 19.2. The smallest absolute Gasteiger partial charge is 0.462 e. The highest BCUT2D eigenvalue weighted by atomic mass is 31.2. The highest BCUT2D eigenvalue weighted by Gasteiger charge is 2.30. The van der Waals surface area contributed by atoms with Crippen molar-refractivity contribution in [3.8, 4) is 0 Å². The van der Waals surface area contributed by atoms with Crippen LogP contribution in [0.1, 0.15) is 374 Å². The fraction of sp³-hybridized carbons (Fsp3) is 0.848. The van der Waals surface area contributed by atoms with Gasteiger partial charge in [-0.2, -0.15) is 0 Å². The van der Waals surface area contributed by atoms with Gasteiger partial charge in [0.1, 0.15) is 19.3 Å². The van der Waals surface area contributed by atoms with E-state index < -0.39 is 97.5 Å². The van der Waals surface area contributed by atoms with E-state index in [-0.39, 0.29) is 25.7 Å². The van der Waals surface area contributed by atoms with Crippen LogP contribution in [-0.4, -0.2) is 96.7 Å². The van der Waals surface area contributed by atoms with Gasteiger partial charge in [-0.3, -0.25) is 37.3 Å². The molecule has 0 aromatic carbocycles. The Bertz CT molecular complexity index is 2050. The van der Waals surface area contributed by atoms with E-state index in [1.807, 2.05) is 0 Å². The normalized spacial score (nSPS) is 14.2. The number of hydrogen-bond donors (Lipinski definition) is 3. The summed E-state index contributed by atoms with van der Waals surface area (Å²) in [7, 11) is -9.93. The van der Waals surface area contributed by atoms with Crippen LogP contribution in [0, 0.1) is 0 Å². The van der Waals surface area contributed by atoms with E-state index in [1.165, 1.54) is 148 Å². The van der Waals surface area contributed by atoms with E-state index in [4.69, 9.17) is 37.0 Å². The van der Waals surface area contributed by atoms with Crippen LogP contribution in [0.3, 0.4) is 0 Å². The molecule has 98 heavy (non-hydrogen) atoms. The Morgan fingerprint density at radius 1 is 0.296 bits per heavy atom. The topological polar surface area (TPSA) is 237 Å². The van der Waals surface area contributed by atoms with Gasteiger partial charge in [-0.15, -0.1) is 0 Å². The zero-order chi connectivity index (χ0) is 71.8. The van der Waals surface area contributed by atoms with Crippen LogP contribution in [0.15, 0.2) is 48.6 Å². The van der Waals surface area contributed by atoms with Gasteiger partial charge in [0.25, 0.3) is 0 Å². The minimum atomic E-state index is -4.97. The number of unbranched alkanes of at least 4 members (excludes halogenated alkanes) is 42. The maximum Gasteiger partial charge on any atom is 0.472 e. The Balaban J connectivity index is 5.29. The van der Waals surface area contributed by atoms with E-state index in [0.29, 0.717) is 25.7 Å². The minimum Gasteiger partial charge on any atom is -0.462 e. The number of aliphatic hydroxyl groups is 1. The molecule has 0 aromatic rings. The lowest BCUT2D eigenvalue weighted by Crippen LogP contribution is -2.30. The van der Waals surface area contributed by atoms with Crippen molar-refractivity contribution in [1.82, 2.24) is 0 Å². The van der Waals surface area contributed by atoms with Gasteiger partial charge in [-0.05, 0) is 83.5 Å². The Morgan fingerprint density at radius 3 is 0.827 bits per heavy atom. The van der Waals surface area contributed by atoms with Crippen molar-refractivity contribution in [2.45, 2.75) is 393 Å². The number of carbonyl (C=O) groups is 4. The van der Waals surface area contributed by atoms with Gasteiger partial charge in [-0.1, -0.05) is 314 Å². The first-order chi connectivity index (χ1) is 47.7. The Labute approximate surface area is 597 Å². The van der Waals surface area contributed by atoms with Crippen molar-refractivity contribution in [1.29, 1.82) is 0 Å². The molecule has 0 aliphatic heterocycles. The first-order valence-corrected chi connectivity index (χ1v) is 42.9. The number of phosphoric ester groups is 2. The van der Waals surface area contributed by atoms with Crippen LogP contribution in [-0.2, 0) is 65.4 Å². The van der Waals surface area contributed by atoms with Crippen LogP contribution >= 0.6 is 15.6 Å². The number of esters is 4. The van der Waals surface area contributed by atoms with Gasteiger partial charge in [0.15, 0.2) is 12.2 Å². The second kappa shape index (κ2) is 72.4. The maximum atomic E-state index is 13.1. The highest BCUT2D eigenvalue weighted by molar-refractivity contribution is 7.47. The molecule has 0 fully saturated rings. The van der Waals surface area contributed by atoms with Gasteiger partial charge in [-0.25, -0.2) is 9.13 Å². The molecule has 0 amide bonds. The van der Waals surface area contributed by atoms with Crippen molar-refractivity contribution in [3.63, 3.8) is 0 Å². The Morgan fingerprint density at radius 2 is 0.531 bits per heavy atom. The van der Waals surface area contributed by atoms with Crippen molar-refractivity contribution < 1.29 is 80.2 Å². The number of allylic oxidation sites excluding steroid dienone is 8. The summed E-state index contributed by atoms with van der Waals surface area (Å²) in [5.41, 5.74) is 0. The molecule has 0 bridgehead atoms. The van der Waals surface area contributed by atoms with Gasteiger partial charge >= 0.3 is 39.5 Å². The quantitative estimate of drug-likeness (QED) is 0.0169.